The molecule has 0 saturated carbocycles. The maximum absolute atomic E-state index is 14.2. The summed E-state index contributed by atoms with van der Waals surface area (Å²) in [5.41, 5.74) is -1.50. The fourth-order valence-electron chi connectivity index (χ4n) is 7.69. The number of Topliss-reactive ketones (excluding diaryl/α,β-unsaturated/α-hetero) is 1. The van der Waals surface area contributed by atoms with E-state index in [4.69, 9.17) is 18.9 Å². The summed E-state index contributed by atoms with van der Waals surface area (Å²) in [6.07, 6.45) is 4.03. The molecule has 8 atom stereocenters. The Balaban J connectivity index is 1.93. The van der Waals surface area contributed by atoms with Gasteiger partial charge >= 0.3 is 5.97 Å². The molecule has 10 heteroatoms. The lowest BCUT2D eigenvalue weighted by molar-refractivity contribution is -0.473. The van der Waals surface area contributed by atoms with Crippen molar-refractivity contribution in [2.45, 2.75) is 130 Å². The SMILES string of the molecule is CCN1C[C@H](C)C[C@@](C)(OC)[C@H](O[C@@H]2O[C@H](C)CC(=[N+](C)C)[C@H]2O)[C@@H](C)C(=O)C(C)(C)C(=O)OC[C@H]1CCCN1CCCCC1. The number of carbonyl (C=O) groups is 2. The van der Waals surface area contributed by atoms with Crippen molar-refractivity contribution in [3.05, 3.63) is 0 Å². The van der Waals surface area contributed by atoms with Crippen molar-refractivity contribution in [1.29, 1.82) is 0 Å². The predicted octanol–water partition coefficient (Wildman–Crippen LogP) is 3.76. The first kappa shape index (κ1) is 38.0. The van der Waals surface area contributed by atoms with E-state index in [1.54, 1.807) is 27.9 Å². The van der Waals surface area contributed by atoms with Gasteiger partial charge in [-0.2, -0.15) is 0 Å². The summed E-state index contributed by atoms with van der Waals surface area (Å²) in [6, 6.07) is 0.0587. The largest absolute Gasteiger partial charge is 0.463 e. The fraction of sp³-hybridized carbons (Fsp3) is 0.914. The van der Waals surface area contributed by atoms with E-state index in [-0.39, 0.29) is 30.5 Å². The van der Waals surface area contributed by atoms with Crippen LogP contribution in [0.15, 0.2) is 0 Å². The highest BCUT2D eigenvalue weighted by molar-refractivity contribution is 6.04. The lowest BCUT2D eigenvalue weighted by Crippen LogP contribution is -2.57. The molecular formula is C35H64N3O7+. The van der Waals surface area contributed by atoms with E-state index in [1.165, 1.54) is 19.3 Å². The van der Waals surface area contributed by atoms with Gasteiger partial charge in [0.15, 0.2) is 23.9 Å². The molecule has 3 heterocycles. The highest BCUT2D eigenvalue weighted by Gasteiger charge is 2.51. The monoisotopic (exact) mass is 638 g/mol. The van der Waals surface area contributed by atoms with Gasteiger partial charge in [0.1, 0.15) is 26.1 Å². The van der Waals surface area contributed by atoms with Gasteiger partial charge in [-0.05, 0) is 91.9 Å². The Bertz CT molecular complexity index is 1010. The second-order valence-electron chi connectivity index (χ2n) is 14.9. The van der Waals surface area contributed by atoms with E-state index in [0.717, 1.165) is 51.3 Å². The molecule has 0 aromatic rings. The number of ketones is 1. The minimum atomic E-state index is -1.40. The highest BCUT2D eigenvalue weighted by Crippen LogP contribution is 2.38. The number of ether oxygens (including phenoxy) is 4. The molecule has 45 heavy (non-hydrogen) atoms. The predicted molar refractivity (Wildman–Crippen MR) is 176 cm³/mol. The minimum absolute atomic E-state index is 0.0587. The van der Waals surface area contributed by atoms with Crippen molar-refractivity contribution in [3.63, 3.8) is 0 Å². The van der Waals surface area contributed by atoms with Gasteiger partial charge in [-0.1, -0.05) is 27.2 Å². The minimum Gasteiger partial charge on any atom is -0.463 e. The molecule has 0 bridgehead atoms. The number of likely N-dealkylation sites (N-methyl/N-ethyl adjacent to an activating group) is 1. The third-order valence-electron chi connectivity index (χ3n) is 10.5. The van der Waals surface area contributed by atoms with Gasteiger partial charge in [0.05, 0.1) is 24.2 Å². The number of nitrogens with zero attached hydrogens (tertiary/aromatic N) is 3. The molecule has 0 spiro atoms. The van der Waals surface area contributed by atoms with E-state index < -0.39 is 41.4 Å². The number of aliphatic hydroxyl groups is 1. The summed E-state index contributed by atoms with van der Waals surface area (Å²) < 4.78 is 26.9. The molecule has 0 aromatic heterocycles. The molecule has 10 nitrogen and oxygen atoms in total. The van der Waals surface area contributed by atoms with E-state index in [0.29, 0.717) is 12.8 Å². The van der Waals surface area contributed by atoms with E-state index in [9.17, 15) is 14.7 Å². The van der Waals surface area contributed by atoms with Crippen LogP contribution >= 0.6 is 0 Å². The molecule has 3 aliphatic heterocycles. The average molecular weight is 639 g/mol. The Morgan fingerprint density at radius 2 is 1.73 bits per heavy atom. The van der Waals surface area contributed by atoms with Gasteiger partial charge in [0, 0.05) is 25.6 Å². The zero-order valence-electron chi connectivity index (χ0n) is 30.0. The van der Waals surface area contributed by atoms with Crippen LogP contribution < -0.4 is 0 Å². The quantitative estimate of drug-likeness (QED) is 0.242. The van der Waals surface area contributed by atoms with Crippen LogP contribution in [-0.2, 0) is 28.5 Å². The fourth-order valence-corrected chi connectivity index (χ4v) is 7.69. The number of hydrogen-bond donors (Lipinski definition) is 1. The second-order valence-corrected chi connectivity index (χ2v) is 14.9. The summed E-state index contributed by atoms with van der Waals surface area (Å²) in [5, 5.41) is 11.3. The molecule has 3 aliphatic rings. The molecule has 0 amide bonds. The third kappa shape index (κ3) is 9.57. The first-order valence-electron chi connectivity index (χ1n) is 17.4. The maximum Gasteiger partial charge on any atom is 0.319 e. The summed E-state index contributed by atoms with van der Waals surface area (Å²) in [4.78, 5) is 32.8. The zero-order chi connectivity index (χ0) is 33.5. The number of rotatable bonds is 8. The smallest absolute Gasteiger partial charge is 0.319 e. The van der Waals surface area contributed by atoms with Crippen LogP contribution in [0.25, 0.3) is 0 Å². The van der Waals surface area contributed by atoms with Crippen molar-refractivity contribution in [2.24, 2.45) is 17.3 Å². The van der Waals surface area contributed by atoms with Crippen molar-refractivity contribution in [1.82, 2.24) is 9.80 Å². The Labute approximate surface area is 272 Å². The molecule has 3 fully saturated rings. The Kier molecular flexibility index (Phi) is 14.0. The molecule has 3 rings (SSSR count). The summed E-state index contributed by atoms with van der Waals surface area (Å²) >= 11 is 0. The molecule has 0 aromatic carbocycles. The Morgan fingerprint density at radius 1 is 1.07 bits per heavy atom. The molecule has 1 N–H and O–H groups in total. The van der Waals surface area contributed by atoms with Crippen LogP contribution in [-0.4, -0.2) is 134 Å². The first-order valence-corrected chi connectivity index (χ1v) is 17.4. The first-order chi connectivity index (χ1) is 21.1. The summed E-state index contributed by atoms with van der Waals surface area (Å²) in [5.74, 6) is -1.37. The standard InChI is InChI=1S/C35H64N3O7/c1-11-38-22-24(2)21-35(7,42-10)31(45-32-29(39)28(36(8)9)20-25(3)44-32)26(4)30(40)34(5,6)33(41)43-23-27(38)16-15-19-37-17-13-12-14-18-37/h24-27,29,31-32,39H,11-23H2,1-10H3/q+1/t24-,25-,26+,27-,29-,31-,32+,35-/m1/s1. The second kappa shape index (κ2) is 16.6. The number of hydrogen-bond acceptors (Lipinski definition) is 9. The molecule has 3 saturated heterocycles. The van der Waals surface area contributed by atoms with Crippen molar-refractivity contribution in [3.8, 4) is 0 Å². The van der Waals surface area contributed by atoms with Crippen LogP contribution in [0.3, 0.4) is 0 Å². The van der Waals surface area contributed by atoms with Crippen molar-refractivity contribution in [2.75, 3.05) is 60.5 Å². The number of aliphatic hydroxyl groups excluding tert-OH is 1. The van der Waals surface area contributed by atoms with Crippen LogP contribution in [0.2, 0.25) is 0 Å². The molecule has 260 valence electrons. The third-order valence-corrected chi connectivity index (χ3v) is 10.5. The number of carbonyl (C=O) groups excluding carboxylic acids is 2. The normalized spacial score (nSPS) is 36.5. The lowest BCUT2D eigenvalue weighted by Gasteiger charge is -2.45. The number of piperidine rings is 1. The summed E-state index contributed by atoms with van der Waals surface area (Å²) in [7, 11) is 5.44. The van der Waals surface area contributed by atoms with Gasteiger partial charge in [-0.3, -0.25) is 14.5 Å². The zero-order valence-corrected chi connectivity index (χ0v) is 30.0. The van der Waals surface area contributed by atoms with Gasteiger partial charge in [-0.25, -0.2) is 4.58 Å². The number of methoxy groups -OCH3 is 1. The van der Waals surface area contributed by atoms with Gasteiger partial charge in [-0.15, -0.1) is 0 Å². The van der Waals surface area contributed by atoms with Crippen molar-refractivity contribution >= 4 is 17.5 Å². The Morgan fingerprint density at radius 3 is 2.33 bits per heavy atom. The van der Waals surface area contributed by atoms with Crippen LogP contribution in [0, 0.1) is 17.3 Å². The molecular weight excluding hydrogens is 574 g/mol. The summed E-state index contributed by atoms with van der Waals surface area (Å²) in [6.45, 7) is 18.6. The van der Waals surface area contributed by atoms with Gasteiger partial charge in [0.25, 0.3) is 0 Å². The van der Waals surface area contributed by atoms with Gasteiger partial charge < -0.3 is 29.0 Å². The number of cyclic esters (lactones) is 1. The van der Waals surface area contributed by atoms with Gasteiger partial charge in [0.2, 0.25) is 0 Å². The topological polar surface area (TPSA) is 101 Å². The molecule has 0 aliphatic carbocycles. The van der Waals surface area contributed by atoms with Crippen LogP contribution in [0.5, 0.6) is 0 Å². The lowest BCUT2D eigenvalue weighted by atomic mass is 9.74. The Hall–Kier alpha value is -1.43. The van der Waals surface area contributed by atoms with E-state index in [2.05, 4.69) is 23.6 Å². The molecule has 0 unspecified atom stereocenters. The van der Waals surface area contributed by atoms with Crippen LogP contribution in [0.1, 0.15) is 93.4 Å². The van der Waals surface area contributed by atoms with Crippen molar-refractivity contribution < 1.29 is 38.2 Å². The molecule has 0 radical (unpaired) electrons. The highest BCUT2D eigenvalue weighted by atomic mass is 16.7. The van der Waals surface area contributed by atoms with E-state index >= 15 is 0 Å². The number of likely N-dealkylation sites (tertiary alicyclic amines) is 1. The van der Waals surface area contributed by atoms with Crippen LogP contribution in [0.4, 0.5) is 0 Å². The number of esters is 1. The average Bonchev–Trinajstić information content (AvgIpc) is 3.00. The maximum atomic E-state index is 14.2. The van der Waals surface area contributed by atoms with E-state index in [1.807, 2.05) is 32.5 Å².